The van der Waals surface area contributed by atoms with E-state index in [1.54, 1.807) is 11.8 Å². The molecule has 0 N–H and O–H groups in total. The summed E-state index contributed by atoms with van der Waals surface area (Å²) in [5.74, 6) is 0.913. The van der Waals surface area contributed by atoms with Crippen molar-refractivity contribution < 1.29 is 4.79 Å². The smallest absolute Gasteiger partial charge is 0.130 e. The molecule has 1 nitrogen and oxygen atoms in total. The van der Waals surface area contributed by atoms with E-state index in [0.29, 0.717) is 0 Å². The van der Waals surface area contributed by atoms with Crippen LogP contribution in [0.1, 0.15) is 6.92 Å². The van der Waals surface area contributed by atoms with E-state index >= 15 is 0 Å². The number of rotatable bonds is 1. The fraction of sp³-hybridized carbons (Fsp3) is 0.500. The van der Waals surface area contributed by atoms with Crippen molar-refractivity contribution in [2.75, 3.05) is 5.75 Å². The van der Waals surface area contributed by atoms with Crippen molar-refractivity contribution >= 4 is 18.0 Å². The first kappa shape index (κ1) is 5.89. The minimum atomic E-state index is -0.162. The van der Waals surface area contributed by atoms with Crippen LogP contribution in [-0.2, 0) is 4.79 Å². The lowest BCUT2D eigenvalue weighted by Gasteiger charge is -2.08. The predicted octanol–water partition coefficient (Wildman–Crippen LogP) is 1.45. The maximum atomic E-state index is 10.3. The van der Waals surface area contributed by atoms with Crippen molar-refractivity contribution in [1.82, 2.24) is 0 Å². The lowest BCUT2D eigenvalue weighted by atomic mass is 9.97. The van der Waals surface area contributed by atoms with Gasteiger partial charge in [0.15, 0.2) is 0 Å². The Hall–Kier alpha value is -0.240. The van der Waals surface area contributed by atoms with Crippen molar-refractivity contribution in [2.45, 2.75) is 6.92 Å². The van der Waals surface area contributed by atoms with E-state index in [4.69, 9.17) is 0 Å². The molecule has 0 spiro atoms. The number of carbonyl (C=O) groups excluding carboxylic acids is 1. The first-order valence-electron chi connectivity index (χ1n) is 2.52. The van der Waals surface area contributed by atoms with Crippen LogP contribution in [0.15, 0.2) is 11.5 Å². The van der Waals surface area contributed by atoms with Gasteiger partial charge in [0.2, 0.25) is 0 Å². The van der Waals surface area contributed by atoms with Crippen molar-refractivity contribution in [3.05, 3.63) is 11.5 Å². The second kappa shape index (κ2) is 1.94. The molecule has 0 amide bonds. The Morgan fingerprint density at radius 3 is 2.88 bits per heavy atom. The highest BCUT2D eigenvalue weighted by atomic mass is 32.2. The molecule has 1 aliphatic heterocycles. The Balaban J connectivity index is 2.67. The summed E-state index contributed by atoms with van der Waals surface area (Å²) in [6.07, 6.45) is 2.95. The Labute approximate surface area is 53.2 Å². The molecule has 0 aromatic carbocycles. The average molecular weight is 128 g/mol. The third-order valence-electron chi connectivity index (χ3n) is 1.21. The van der Waals surface area contributed by atoms with Crippen LogP contribution in [0.5, 0.6) is 0 Å². The zero-order valence-corrected chi connectivity index (χ0v) is 5.57. The summed E-state index contributed by atoms with van der Waals surface area (Å²) in [5.41, 5.74) is -0.162. The molecule has 2 heteroatoms. The summed E-state index contributed by atoms with van der Waals surface area (Å²) in [6, 6.07) is 0. The molecule has 0 saturated heterocycles. The Bertz CT molecular complexity index is 130. The Morgan fingerprint density at radius 2 is 2.62 bits per heavy atom. The molecule has 0 aromatic heterocycles. The lowest BCUT2D eigenvalue weighted by molar-refractivity contribution is -0.112. The third-order valence-corrected chi connectivity index (χ3v) is 2.33. The summed E-state index contributed by atoms with van der Waals surface area (Å²) < 4.78 is 0. The minimum Gasteiger partial charge on any atom is -0.302 e. The van der Waals surface area contributed by atoms with E-state index in [2.05, 4.69) is 0 Å². The fourth-order valence-electron chi connectivity index (χ4n) is 0.553. The van der Waals surface area contributed by atoms with Gasteiger partial charge in [0, 0.05) is 5.75 Å². The number of aldehydes is 1. The molecule has 44 valence electrons. The van der Waals surface area contributed by atoms with E-state index in [-0.39, 0.29) is 5.41 Å². The van der Waals surface area contributed by atoms with Crippen LogP contribution in [0.2, 0.25) is 0 Å². The Morgan fingerprint density at radius 1 is 1.88 bits per heavy atom. The molecule has 0 fully saturated rings. The van der Waals surface area contributed by atoms with Gasteiger partial charge in [0.05, 0.1) is 5.41 Å². The van der Waals surface area contributed by atoms with Crippen molar-refractivity contribution in [3.63, 3.8) is 0 Å². The van der Waals surface area contributed by atoms with Gasteiger partial charge >= 0.3 is 0 Å². The van der Waals surface area contributed by atoms with Gasteiger partial charge in [-0.2, -0.15) is 0 Å². The first-order valence-corrected chi connectivity index (χ1v) is 3.57. The maximum absolute atomic E-state index is 10.3. The molecule has 1 atom stereocenters. The minimum absolute atomic E-state index is 0.162. The van der Waals surface area contributed by atoms with Gasteiger partial charge in [-0.15, -0.1) is 11.8 Å². The topological polar surface area (TPSA) is 17.1 Å². The van der Waals surface area contributed by atoms with Gasteiger partial charge in [-0.1, -0.05) is 6.08 Å². The monoisotopic (exact) mass is 128 g/mol. The van der Waals surface area contributed by atoms with Crippen molar-refractivity contribution in [2.24, 2.45) is 5.41 Å². The summed E-state index contributed by atoms with van der Waals surface area (Å²) in [4.78, 5) is 10.3. The van der Waals surface area contributed by atoms with E-state index in [9.17, 15) is 4.79 Å². The normalized spacial score (nSPS) is 35.6. The highest BCUT2D eigenvalue weighted by Gasteiger charge is 2.22. The molecule has 0 aromatic rings. The molecule has 0 bridgehead atoms. The number of thioether (sulfide) groups is 1. The molecular weight excluding hydrogens is 120 g/mol. The van der Waals surface area contributed by atoms with Crippen LogP contribution in [0.3, 0.4) is 0 Å². The standard InChI is InChI=1S/C6H8OS/c1-6(4-7)2-3-8-5-6/h2-4H,5H2,1H3. The molecule has 1 rings (SSSR count). The largest absolute Gasteiger partial charge is 0.302 e. The highest BCUT2D eigenvalue weighted by Crippen LogP contribution is 2.29. The van der Waals surface area contributed by atoms with Crippen LogP contribution in [0, 0.1) is 5.41 Å². The van der Waals surface area contributed by atoms with E-state index in [1.807, 2.05) is 18.4 Å². The van der Waals surface area contributed by atoms with Crippen LogP contribution >= 0.6 is 11.8 Å². The summed E-state index contributed by atoms with van der Waals surface area (Å²) >= 11 is 1.69. The second-order valence-electron chi connectivity index (χ2n) is 2.24. The van der Waals surface area contributed by atoms with Gasteiger partial charge in [-0.05, 0) is 12.3 Å². The van der Waals surface area contributed by atoms with Crippen molar-refractivity contribution in [1.29, 1.82) is 0 Å². The lowest BCUT2D eigenvalue weighted by Crippen LogP contribution is -2.14. The molecular formula is C6H8OS. The second-order valence-corrected chi connectivity index (χ2v) is 3.13. The van der Waals surface area contributed by atoms with E-state index in [0.717, 1.165) is 12.0 Å². The number of hydrogen-bond acceptors (Lipinski definition) is 2. The SMILES string of the molecule is CC1(C=O)C=CSC1. The van der Waals surface area contributed by atoms with Gasteiger partial charge in [0.1, 0.15) is 6.29 Å². The summed E-state index contributed by atoms with van der Waals surface area (Å²) in [7, 11) is 0. The van der Waals surface area contributed by atoms with Gasteiger partial charge in [0.25, 0.3) is 0 Å². The molecule has 1 aliphatic rings. The molecule has 1 heterocycles. The van der Waals surface area contributed by atoms with Crippen LogP contribution in [0.4, 0.5) is 0 Å². The quantitative estimate of drug-likeness (QED) is 0.497. The molecule has 0 saturated carbocycles. The third kappa shape index (κ3) is 0.944. The Kier molecular flexibility index (Phi) is 1.43. The highest BCUT2D eigenvalue weighted by molar-refractivity contribution is 8.02. The molecule has 0 aliphatic carbocycles. The molecule has 1 unspecified atom stereocenters. The zero-order chi connectivity index (χ0) is 6.04. The zero-order valence-electron chi connectivity index (χ0n) is 4.76. The van der Waals surface area contributed by atoms with E-state index in [1.165, 1.54) is 0 Å². The predicted molar refractivity (Wildman–Crippen MR) is 35.8 cm³/mol. The van der Waals surface area contributed by atoms with Crippen molar-refractivity contribution in [3.8, 4) is 0 Å². The summed E-state index contributed by atoms with van der Waals surface area (Å²) in [5, 5.41) is 1.98. The average Bonchev–Trinajstić information content (AvgIpc) is 2.17. The maximum Gasteiger partial charge on any atom is 0.130 e. The summed E-state index contributed by atoms with van der Waals surface area (Å²) in [6.45, 7) is 1.94. The molecule has 8 heavy (non-hydrogen) atoms. The van der Waals surface area contributed by atoms with Crippen LogP contribution in [-0.4, -0.2) is 12.0 Å². The van der Waals surface area contributed by atoms with Gasteiger partial charge in [-0.3, -0.25) is 0 Å². The van der Waals surface area contributed by atoms with E-state index < -0.39 is 0 Å². The number of carbonyl (C=O) groups is 1. The van der Waals surface area contributed by atoms with Gasteiger partial charge in [-0.25, -0.2) is 0 Å². The van der Waals surface area contributed by atoms with Crippen LogP contribution < -0.4 is 0 Å². The van der Waals surface area contributed by atoms with Gasteiger partial charge < -0.3 is 4.79 Å². The fourth-order valence-corrected chi connectivity index (χ4v) is 1.58. The number of hydrogen-bond donors (Lipinski definition) is 0. The first-order chi connectivity index (χ1) is 3.77. The molecule has 0 radical (unpaired) electrons. The number of allylic oxidation sites excluding steroid dienone is 1. The van der Waals surface area contributed by atoms with Crippen LogP contribution in [0.25, 0.3) is 0 Å².